The minimum absolute atomic E-state index is 0.410. The molecule has 1 heterocycles. The number of hydrogen-bond acceptors (Lipinski definition) is 4. The highest BCUT2D eigenvalue weighted by Gasteiger charge is 2.16. The molecule has 0 N–H and O–H groups in total. The van der Waals surface area contributed by atoms with Crippen molar-refractivity contribution in [2.24, 2.45) is 0 Å². The van der Waals surface area contributed by atoms with Gasteiger partial charge in [0.15, 0.2) is 11.5 Å². The third kappa shape index (κ3) is 4.22. The molecule has 0 aromatic heterocycles. The van der Waals surface area contributed by atoms with E-state index in [2.05, 4.69) is 0 Å². The molecule has 0 saturated heterocycles. The second-order valence-corrected chi connectivity index (χ2v) is 7.40. The number of rotatable bonds is 5. The maximum atomic E-state index is 12.5. The molecule has 1 aliphatic heterocycles. The number of fused-ring (bicyclic) bond motifs is 1. The SMILES string of the molecule is COc1cccc(CS(=O)Cc2cc(Cl)c3c(c2)OCCCO3)c1. The van der Waals surface area contributed by atoms with Gasteiger partial charge in [-0.05, 0) is 35.4 Å². The number of halogens is 1. The van der Waals surface area contributed by atoms with Crippen molar-refractivity contribution in [2.75, 3.05) is 20.3 Å². The number of hydrogen-bond donors (Lipinski definition) is 0. The van der Waals surface area contributed by atoms with Crippen LogP contribution >= 0.6 is 11.6 Å². The van der Waals surface area contributed by atoms with Gasteiger partial charge in [-0.3, -0.25) is 4.21 Å². The Kier molecular flexibility index (Phi) is 5.63. The molecule has 0 saturated carbocycles. The van der Waals surface area contributed by atoms with Crippen LogP contribution in [0, 0.1) is 0 Å². The van der Waals surface area contributed by atoms with Gasteiger partial charge in [0.1, 0.15) is 5.75 Å². The lowest BCUT2D eigenvalue weighted by Crippen LogP contribution is -2.01. The van der Waals surface area contributed by atoms with E-state index >= 15 is 0 Å². The smallest absolute Gasteiger partial charge is 0.179 e. The average molecular weight is 367 g/mol. The molecule has 0 radical (unpaired) electrons. The second-order valence-electron chi connectivity index (χ2n) is 5.54. The molecule has 2 aromatic rings. The van der Waals surface area contributed by atoms with Crippen LogP contribution in [0.3, 0.4) is 0 Å². The van der Waals surface area contributed by atoms with Crippen LogP contribution in [-0.4, -0.2) is 24.5 Å². The monoisotopic (exact) mass is 366 g/mol. The Morgan fingerprint density at radius 3 is 2.75 bits per heavy atom. The summed E-state index contributed by atoms with van der Waals surface area (Å²) in [5, 5.41) is 0.503. The van der Waals surface area contributed by atoms with Crippen molar-refractivity contribution < 1.29 is 18.4 Å². The zero-order valence-electron chi connectivity index (χ0n) is 13.4. The number of benzene rings is 2. The molecule has 1 atom stereocenters. The van der Waals surface area contributed by atoms with E-state index in [4.69, 9.17) is 25.8 Å². The van der Waals surface area contributed by atoms with Crippen LogP contribution in [0.1, 0.15) is 17.5 Å². The van der Waals surface area contributed by atoms with Crippen molar-refractivity contribution in [3.8, 4) is 17.2 Å². The van der Waals surface area contributed by atoms with Gasteiger partial charge in [0.25, 0.3) is 0 Å². The molecule has 0 spiro atoms. The molecule has 6 heteroatoms. The van der Waals surface area contributed by atoms with Crippen LogP contribution in [0.5, 0.6) is 17.2 Å². The first-order chi connectivity index (χ1) is 11.7. The predicted octanol–water partition coefficient (Wildman–Crippen LogP) is 3.96. The largest absolute Gasteiger partial charge is 0.497 e. The summed E-state index contributed by atoms with van der Waals surface area (Å²) in [6.45, 7) is 1.19. The molecule has 0 bridgehead atoms. The lowest BCUT2D eigenvalue weighted by molar-refractivity contribution is 0.297. The van der Waals surface area contributed by atoms with E-state index in [1.165, 1.54) is 0 Å². The van der Waals surface area contributed by atoms with E-state index < -0.39 is 10.8 Å². The molecule has 0 fully saturated rings. The number of methoxy groups -OCH3 is 1. The molecule has 3 rings (SSSR count). The van der Waals surface area contributed by atoms with Gasteiger partial charge >= 0.3 is 0 Å². The van der Waals surface area contributed by atoms with Crippen LogP contribution in [0.25, 0.3) is 0 Å². The lowest BCUT2D eigenvalue weighted by atomic mass is 10.2. The summed E-state index contributed by atoms with van der Waals surface area (Å²) in [5.74, 6) is 2.85. The highest BCUT2D eigenvalue weighted by Crippen LogP contribution is 2.38. The molecular weight excluding hydrogens is 348 g/mol. The summed E-state index contributed by atoms with van der Waals surface area (Å²) >= 11 is 6.28. The molecule has 0 amide bonds. The molecule has 2 aromatic carbocycles. The third-order valence-electron chi connectivity index (χ3n) is 3.65. The van der Waals surface area contributed by atoms with Crippen molar-refractivity contribution in [2.45, 2.75) is 17.9 Å². The van der Waals surface area contributed by atoms with E-state index in [1.54, 1.807) is 13.2 Å². The van der Waals surface area contributed by atoms with Crippen molar-refractivity contribution in [3.63, 3.8) is 0 Å². The van der Waals surface area contributed by atoms with Crippen LogP contribution in [0.2, 0.25) is 5.02 Å². The Balaban J connectivity index is 1.72. The fourth-order valence-corrected chi connectivity index (χ4v) is 4.03. The Labute approximate surface area is 149 Å². The molecule has 0 aliphatic carbocycles. The Bertz CT molecular complexity index is 748. The average Bonchev–Trinajstić information content (AvgIpc) is 2.80. The van der Waals surface area contributed by atoms with Crippen molar-refractivity contribution >= 4 is 22.4 Å². The van der Waals surface area contributed by atoms with Crippen LogP contribution in [-0.2, 0) is 22.3 Å². The normalized spacial score (nSPS) is 14.8. The quantitative estimate of drug-likeness (QED) is 0.803. The van der Waals surface area contributed by atoms with Gasteiger partial charge in [-0.2, -0.15) is 0 Å². The second kappa shape index (κ2) is 7.90. The predicted molar refractivity (Wildman–Crippen MR) is 95.6 cm³/mol. The third-order valence-corrected chi connectivity index (χ3v) is 5.24. The summed E-state index contributed by atoms with van der Waals surface area (Å²) < 4.78 is 29.0. The first-order valence-corrected chi connectivity index (χ1v) is 9.58. The van der Waals surface area contributed by atoms with Gasteiger partial charge in [0, 0.05) is 28.7 Å². The fraction of sp³-hybridized carbons (Fsp3) is 0.333. The summed E-state index contributed by atoms with van der Waals surface area (Å²) in [6, 6.07) is 11.3. The van der Waals surface area contributed by atoms with E-state index in [-0.39, 0.29) is 0 Å². The molecule has 1 unspecified atom stereocenters. The van der Waals surface area contributed by atoms with Gasteiger partial charge in [0.2, 0.25) is 0 Å². The van der Waals surface area contributed by atoms with Gasteiger partial charge in [-0.15, -0.1) is 0 Å². The van der Waals surface area contributed by atoms with E-state index in [0.717, 1.165) is 23.3 Å². The standard InChI is InChI=1S/C18H19ClO4S/c1-21-15-5-2-4-13(8-15)11-24(20)12-14-9-16(19)18-17(10-14)22-6-3-7-23-18/h2,4-5,8-10H,3,6-7,11-12H2,1H3. The minimum Gasteiger partial charge on any atom is -0.497 e. The zero-order chi connectivity index (χ0) is 16.9. The molecule has 1 aliphatic rings. The number of ether oxygens (including phenoxy) is 3. The topological polar surface area (TPSA) is 44.8 Å². The lowest BCUT2D eigenvalue weighted by Gasteiger charge is -2.11. The van der Waals surface area contributed by atoms with E-state index in [9.17, 15) is 4.21 Å². The van der Waals surface area contributed by atoms with Crippen LogP contribution in [0.15, 0.2) is 36.4 Å². The van der Waals surface area contributed by atoms with Gasteiger partial charge in [-0.1, -0.05) is 23.7 Å². The molecule has 4 nitrogen and oxygen atoms in total. The van der Waals surface area contributed by atoms with E-state index in [1.807, 2.05) is 30.3 Å². The van der Waals surface area contributed by atoms with Crippen molar-refractivity contribution in [1.82, 2.24) is 0 Å². The first-order valence-electron chi connectivity index (χ1n) is 7.71. The zero-order valence-corrected chi connectivity index (χ0v) is 15.0. The van der Waals surface area contributed by atoms with Crippen LogP contribution in [0.4, 0.5) is 0 Å². The fourth-order valence-electron chi connectivity index (χ4n) is 2.55. The molecular formula is C18H19ClO4S. The van der Waals surface area contributed by atoms with Gasteiger partial charge in [0.05, 0.1) is 25.3 Å². The molecule has 24 heavy (non-hydrogen) atoms. The molecule has 128 valence electrons. The minimum atomic E-state index is -1.06. The summed E-state index contributed by atoms with van der Waals surface area (Å²) in [6.07, 6.45) is 0.822. The highest BCUT2D eigenvalue weighted by atomic mass is 35.5. The summed E-state index contributed by atoms with van der Waals surface area (Å²) in [7, 11) is 0.565. The van der Waals surface area contributed by atoms with E-state index in [0.29, 0.717) is 41.2 Å². The maximum absolute atomic E-state index is 12.5. The maximum Gasteiger partial charge on any atom is 0.179 e. The van der Waals surface area contributed by atoms with Crippen LogP contribution < -0.4 is 14.2 Å². The summed E-state index contributed by atoms with van der Waals surface area (Å²) in [4.78, 5) is 0. The Morgan fingerprint density at radius 2 is 1.92 bits per heavy atom. The van der Waals surface area contributed by atoms with Crippen molar-refractivity contribution in [1.29, 1.82) is 0 Å². The first kappa shape index (κ1) is 17.1. The van der Waals surface area contributed by atoms with Crippen molar-refractivity contribution in [3.05, 3.63) is 52.5 Å². The Hall–Kier alpha value is -1.72. The van der Waals surface area contributed by atoms with Gasteiger partial charge in [-0.25, -0.2) is 0 Å². The summed E-state index contributed by atoms with van der Waals surface area (Å²) in [5.41, 5.74) is 1.86. The highest BCUT2D eigenvalue weighted by molar-refractivity contribution is 7.83. The Morgan fingerprint density at radius 1 is 1.12 bits per heavy atom. The van der Waals surface area contributed by atoms with Gasteiger partial charge < -0.3 is 14.2 Å².